The number of aromatic amines is 1. The number of benzene rings is 1. The van der Waals surface area contributed by atoms with E-state index in [0.717, 1.165) is 33.3 Å². The summed E-state index contributed by atoms with van der Waals surface area (Å²) in [5.74, 6) is 0.864. The predicted molar refractivity (Wildman–Crippen MR) is 109 cm³/mol. The quantitative estimate of drug-likeness (QED) is 0.504. The lowest BCUT2D eigenvalue weighted by atomic mass is 10.1. The summed E-state index contributed by atoms with van der Waals surface area (Å²) in [5, 5.41) is 1.68. The summed E-state index contributed by atoms with van der Waals surface area (Å²) in [4.78, 5) is 11.8. The van der Waals surface area contributed by atoms with Gasteiger partial charge in [-0.05, 0) is 38.1 Å². The van der Waals surface area contributed by atoms with Gasteiger partial charge in [0.15, 0.2) is 11.6 Å². The van der Waals surface area contributed by atoms with Crippen molar-refractivity contribution in [2.24, 2.45) is 0 Å². The molecule has 0 aliphatic heterocycles. The molecule has 0 aliphatic rings. The fourth-order valence-corrected chi connectivity index (χ4v) is 3.39. The number of rotatable bonds is 4. The van der Waals surface area contributed by atoms with Gasteiger partial charge in [-0.25, -0.2) is 9.97 Å². The first kappa shape index (κ1) is 17.4. The molecule has 6 heteroatoms. The number of fused-ring (bicyclic) bond motifs is 1. The van der Waals surface area contributed by atoms with E-state index in [1.807, 2.05) is 56.4 Å². The Balaban J connectivity index is 1.70. The first-order valence-electron chi connectivity index (χ1n) is 8.63. The number of nitrogens with one attached hydrogen (secondary N) is 1. The number of halogens is 1. The largest absolute Gasteiger partial charge is 0.482 e. The number of nitrogen functional groups attached to an aromatic ring is 1. The third kappa shape index (κ3) is 3.34. The molecular weight excluding hydrogens is 360 g/mol. The number of aromatic nitrogens is 3. The second kappa shape index (κ2) is 6.93. The summed E-state index contributed by atoms with van der Waals surface area (Å²) in [5.41, 5.74) is 10.8. The number of aryl methyl sites for hydroxylation is 1. The van der Waals surface area contributed by atoms with Gasteiger partial charge in [-0.1, -0.05) is 29.3 Å². The van der Waals surface area contributed by atoms with Crippen LogP contribution in [0.5, 0.6) is 5.75 Å². The molecule has 0 saturated carbocycles. The van der Waals surface area contributed by atoms with Crippen molar-refractivity contribution in [2.75, 3.05) is 5.73 Å². The Hall–Kier alpha value is -3.05. The van der Waals surface area contributed by atoms with Gasteiger partial charge < -0.3 is 15.5 Å². The molecule has 0 spiro atoms. The minimum Gasteiger partial charge on any atom is -0.482 e. The fraction of sp³-hybridized carbons (Fsp3) is 0.143. The van der Waals surface area contributed by atoms with Crippen LogP contribution in [0.25, 0.3) is 22.2 Å². The van der Waals surface area contributed by atoms with Crippen molar-refractivity contribution in [3.8, 4) is 16.9 Å². The molecule has 0 radical (unpaired) electrons. The first-order chi connectivity index (χ1) is 13.0. The lowest BCUT2D eigenvalue weighted by Crippen LogP contribution is -2.07. The molecule has 1 atom stereocenters. The highest BCUT2D eigenvalue weighted by Gasteiger charge is 2.16. The smallest absolute Gasteiger partial charge is 0.166 e. The molecule has 0 amide bonds. The topological polar surface area (TPSA) is 76.8 Å². The number of pyridine rings is 2. The summed E-state index contributed by atoms with van der Waals surface area (Å²) in [7, 11) is 0. The van der Waals surface area contributed by atoms with E-state index in [-0.39, 0.29) is 6.10 Å². The van der Waals surface area contributed by atoms with Crippen LogP contribution in [0.3, 0.4) is 0 Å². The Morgan fingerprint density at radius 3 is 2.89 bits per heavy atom. The van der Waals surface area contributed by atoms with Crippen LogP contribution in [0, 0.1) is 6.92 Å². The maximum absolute atomic E-state index is 6.34. The molecule has 0 saturated heterocycles. The summed E-state index contributed by atoms with van der Waals surface area (Å²) >= 11 is 6.34. The Bertz CT molecular complexity index is 1120. The van der Waals surface area contributed by atoms with Crippen molar-refractivity contribution in [1.29, 1.82) is 0 Å². The molecule has 3 N–H and O–H groups in total. The van der Waals surface area contributed by atoms with Crippen LogP contribution in [0.1, 0.15) is 24.2 Å². The summed E-state index contributed by atoms with van der Waals surface area (Å²) in [6.45, 7) is 3.97. The molecular formula is C21H19ClN4O. The van der Waals surface area contributed by atoms with Crippen LogP contribution in [0.15, 0.2) is 55.0 Å². The van der Waals surface area contributed by atoms with Gasteiger partial charge in [0.2, 0.25) is 0 Å². The second-order valence-corrected chi connectivity index (χ2v) is 6.90. The third-order valence-corrected chi connectivity index (χ3v) is 4.88. The molecule has 4 rings (SSSR count). The molecule has 1 aromatic carbocycles. The zero-order valence-corrected chi connectivity index (χ0v) is 15.8. The number of nitrogens with two attached hydrogens (primary N) is 1. The Labute approximate surface area is 162 Å². The summed E-state index contributed by atoms with van der Waals surface area (Å²) < 4.78 is 6.12. The van der Waals surface area contributed by atoms with E-state index in [0.29, 0.717) is 16.6 Å². The molecule has 27 heavy (non-hydrogen) atoms. The average molecular weight is 379 g/mol. The molecule has 3 heterocycles. The molecule has 5 nitrogen and oxygen atoms in total. The average Bonchev–Trinajstić information content (AvgIpc) is 3.09. The molecule has 3 aromatic heterocycles. The van der Waals surface area contributed by atoms with Gasteiger partial charge >= 0.3 is 0 Å². The standard InChI is InChI=1S/C21H19ClN4O/c1-12-5-6-18(22)16(8-12)13(2)27-19-9-14(10-25-20(19)23)17-11-26-21-15(17)4-3-7-24-21/h3-11,13H,1-2H3,(H2,23,25)(H,24,26). The van der Waals surface area contributed by atoms with E-state index < -0.39 is 0 Å². The van der Waals surface area contributed by atoms with Crippen LogP contribution in [0.2, 0.25) is 5.02 Å². The van der Waals surface area contributed by atoms with Gasteiger partial charge in [-0.15, -0.1) is 0 Å². The van der Waals surface area contributed by atoms with Crippen LogP contribution >= 0.6 is 11.6 Å². The van der Waals surface area contributed by atoms with Gasteiger partial charge in [-0.3, -0.25) is 0 Å². The molecule has 0 bridgehead atoms. The normalized spacial score (nSPS) is 12.3. The van der Waals surface area contributed by atoms with Crippen LogP contribution in [-0.4, -0.2) is 15.0 Å². The Kier molecular flexibility index (Phi) is 4.46. The van der Waals surface area contributed by atoms with E-state index >= 15 is 0 Å². The molecule has 1 unspecified atom stereocenters. The third-order valence-electron chi connectivity index (χ3n) is 4.54. The highest BCUT2D eigenvalue weighted by Crippen LogP contribution is 2.34. The predicted octanol–water partition coefficient (Wildman–Crippen LogP) is 5.31. The molecule has 4 aromatic rings. The molecule has 136 valence electrons. The van der Waals surface area contributed by atoms with Crippen molar-refractivity contribution in [1.82, 2.24) is 15.0 Å². The lowest BCUT2D eigenvalue weighted by molar-refractivity contribution is 0.228. The maximum atomic E-state index is 6.34. The minimum atomic E-state index is -0.263. The minimum absolute atomic E-state index is 0.263. The van der Waals surface area contributed by atoms with Gasteiger partial charge in [0.1, 0.15) is 11.8 Å². The SMILES string of the molecule is Cc1ccc(Cl)c(C(C)Oc2cc(-c3c[nH]c4ncccc34)cnc2N)c1. The summed E-state index contributed by atoms with van der Waals surface area (Å²) in [6.07, 6.45) is 5.14. The number of hydrogen-bond donors (Lipinski definition) is 2. The van der Waals surface area contributed by atoms with E-state index in [2.05, 4.69) is 15.0 Å². The van der Waals surface area contributed by atoms with Gasteiger partial charge in [0, 0.05) is 45.7 Å². The number of H-pyrrole nitrogens is 1. The van der Waals surface area contributed by atoms with Crippen LogP contribution in [-0.2, 0) is 0 Å². The van der Waals surface area contributed by atoms with Gasteiger partial charge in [0.25, 0.3) is 0 Å². The number of hydrogen-bond acceptors (Lipinski definition) is 4. The van der Waals surface area contributed by atoms with E-state index in [4.69, 9.17) is 22.1 Å². The molecule has 0 fully saturated rings. The number of anilines is 1. The lowest BCUT2D eigenvalue weighted by Gasteiger charge is -2.18. The van der Waals surface area contributed by atoms with Gasteiger partial charge in [-0.2, -0.15) is 0 Å². The van der Waals surface area contributed by atoms with Crippen molar-refractivity contribution in [3.63, 3.8) is 0 Å². The Morgan fingerprint density at radius 2 is 2.04 bits per heavy atom. The van der Waals surface area contributed by atoms with Crippen LogP contribution < -0.4 is 10.5 Å². The number of ether oxygens (including phenoxy) is 1. The highest BCUT2D eigenvalue weighted by molar-refractivity contribution is 6.31. The van der Waals surface area contributed by atoms with E-state index in [1.54, 1.807) is 12.4 Å². The first-order valence-corrected chi connectivity index (χ1v) is 9.01. The monoisotopic (exact) mass is 378 g/mol. The second-order valence-electron chi connectivity index (χ2n) is 6.49. The zero-order chi connectivity index (χ0) is 19.0. The van der Waals surface area contributed by atoms with E-state index in [1.165, 1.54) is 0 Å². The molecule has 0 aliphatic carbocycles. The van der Waals surface area contributed by atoms with Gasteiger partial charge in [0.05, 0.1) is 0 Å². The number of nitrogens with zero attached hydrogens (tertiary/aromatic N) is 2. The van der Waals surface area contributed by atoms with Crippen LogP contribution in [0.4, 0.5) is 5.82 Å². The van der Waals surface area contributed by atoms with E-state index in [9.17, 15) is 0 Å². The Morgan fingerprint density at radius 1 is 1.19 bits per heavy atom. The van der Waals surface area contributed by atoms with Crippen molar-refractivity contribution in [3.05, 3.63) is 71.1 Å². The zero-order valence-electron chi connectivity index (χ0n) is 15.0. The summed E-state index contributed by atoms with van der Waals surface area (Å²) in [6, 6.07) is 11.7. The maximum Gasteiger partial charge on any atom is 0.166 e. The van der Waals surface area contributed by atoms with Crippen molar-refractivity contribution >= 4 is 28.5 Å². The fourth-order valence-electron chi connectivity index (χ4n) is 3.12. The van der Waals surface area contributed by atoms with Crippen molar-refractivity contribution in [2.45, 2.75) is 20.0 Å². The highest BCUT2D eigenvalue weighted by atomic mass is 35.5. The van der Waals surface area contributed by atoms with Crippen molar-refractivity contribution < 1.29 is 4.74 Å².